The molecular formula is C16H27N5O3S. The van der Waals surface area contributed by atoms with Crippen LogP contribution in [0.5, 0.6) is 0 Å². The number of nitrogens with zero attached hydrogens (tertiary/aromatic N) is 1. The van der Waals surface area contributed by atoms with Crippen LogP contribution in [0.25, 0.3) is 0 Å². The number of carbonyl (C=O) groups excluding carboxylic acids is 1. The maximum absolute atomic E-state index is 11.6. The summed E-state index contributed by atoms with van der Waals surface area (Å²) in [7, 11) is 0.147. The Morgan fingerprint density at radius 2 is 1.88 bits per heavy atom. The lowest BCUT2D eigenvalue weighted by molar-refractivity contribution is 0.0963. The fraction of sp³-hybridized carbons (Fsp3) is 0.500. The van der Waals surface area contributed by atoms with Crippen molar-refractivity contribution >= 4 is 21.9 Å². The maximum atomic E-state index is 11.6. The molecule has 25 heavy (non-hydrogen) atoms. The van der Waals surface area contributed by atoms with E-state index in [0.717, 1.165) is 18.2 Å². The number of aliphatic imine (C=N–C) groups is 1. The van der Waals surface area contributed by atoms with E-state index in [-0.39, 0.29) is 5.91 Å². The largest absolute Gasteiger partial charge is 0.356 e. The highest BCUT2D eigenvalue weighted by atomic mass is 32.2. The molecule has 0 radical (unpaired) electrons. The van der Waals surface area contributed by atoms with Gasteiger partial charge >= 0.3 is 0 Å². The summed E-state index contributed by atoms with van der Waals surface area (Å²) in [6.07, 6.45) is 2.54. The van der Waals surface area contributed by atoms with Crippen molar-refractivity contribution in [1.29, 1.82) is 0 Å². The molecule has 8 nitrogen and oxygen atoms in total. The third kappa shape index (κ3) is 9.06. The summed E-state index contributed by atoms with van der Waals surface area (Å²) in [6.45, 7) is 1.65. The summed E-state index contributed by atoms with van der Waals surface area (Å²) in [5, 5.41) is 8.92. The predicted molar refractivity (Wildman–Crippen MR) is 100 cm³/mol. The van der Waals surface area contributed by atoms with Crippen LogP contribution in [0.1, 0.15) is 22.3 Å². The zero-order valence-electron chi connectivity index (χ0n) is 14.9. The fourth-order valence-corrected chi connectivity index (χ4v) is 2.63. The molecule has 0 fully saturated rings. The molecule has 0 aliphatic heterocycles. The molecule has 9 heteroatoms. The molecule has 0 heterocycles. The van der Waals surface area contributed by atoms with Crippen molar-refractivity contribution in [3.8, 4) is 0 Å². The molecule has 0 saturated heterocycles. The van der Waals surface area contributed by atoms with Crippen LogP contribution in [0.4, 0.5) is 0 Å². The summed E-state index contributed by atoms with van der Waals surface area (Å²) in [4.78, 5) is 15.7. The second-order valence-corrected chi connectivity index (χ2v) is 7.31. The van der Waals surface area contributed by atoms with Crippen molar-refractivity contribution in [3.63, 3.8) is 0 Å². The zero-order chi connectivity index (χ0) is 18.7. The molecule has 1 aromatic rings. The Labute approximate surface area is 149 Å². The van der Waals surface area contributed by atoms with Gasteiger partial charge in [0, 0.05) is 39.3 Å². The molecule has 0 aromatic heterocycles. The lowest BCUT2D eigenvalue weighted by Crippen LogP contribution is -2.39. The monoisotopic (exact) mass is 369 g/mol. The van der Waals surface area contributed by atoms with E-state index in [1.807, 2.05) is 18.2 Å². The van der Waals surface area contributed by atoms with E-state index in [0.29, 0.717) is 37.6 Å². The molecule has 1 amide bonds. The van der Waals surface area contributed by atoms with Crippen molar-refractivity contribution in [3.05, 3.63) is 35.4 Å². The van der Waals surface area contributed by atoms with Gasteiger partial charge in [-0.25, -0.2) is 13.1 Å². The lowest BCUT2D eigenvalue weighted by Gasteiger charge is -2.12. The summed E-state index contributed by atoms with van der Waals surface area (Å²) < 4.78 is 24.3. The SMILES string of the molecule is CN=C(NCCCNS(C)(=O)=O)NCCc1cccc(C(=O)NC)c1. The quantitative estimate of drug-likeness (QED) is 0.271. The molecular weight excluding hydrogens is 342 g/mol. The number of sulfonamides is 1. The van der Waals surface area contributed by atoms with E-state index < -0.39 is 10.0 Å². The van der Waals surface area contributed by atoms with Crippen LogP contribution in [-0.2, 0) is 16.4 Å². The smallest absolute Gasteiger partial charge is 0.251 e. The van der Waals surface area contributed by atoms with E-state index in [2.05, 4.69) is 25.7 Å². The van der Waals surface area contributed by atoms with Gasteiger partial charge in [-0.3, -0.25) is 9.79 Å². The summed E-state index contributed by atoms with van der Waals surface area (Å²) >= 11 is 0. The van der Waals surface area contributed by atoms with Crippen molar-refractivity contribution in [2.45, 2.75) is 12.8 Å². The van der Waals surface area contributed by atoms with Gasteiger partial charge < -0.3 is 16.0 Å². The highest BCUT2D eigenvalue weighted by Gasteiger charge is 2.04. The molecule has 0 bridgehead atoms. The van der Waals surface area contributed by atoms with Gasteiger partial charge in [0.05, 0.1) is 6.26 Å². The molecule has 4 N–H and O–H groups in total. The Balaban J connectivity index is 2.32. The maximum Gasteiger partial charge on any atom is 0.251 e. The average molecular weight is 369 g/mol. The summed E-state index contributed by atoms with van der Waals surface area (Å²) in [5.74, 6) is 0.553. The highest BCUT2D eigenvalue weighted by Crippen LogP contribution is 2.05. The van der Waals surface area contributed by atoms with Gasteiger partial charge in [-0.15, -0.1) is 0 Å². The molecule has 1 aromatic carbocycles. The standard InChI is InChI=1S/C16H27N5O3S/c1-17-15(22)14-7-4-6-13(12-14)8-11-20-16(18-2)19-9-5-10-21-25(3,23)24/h4,6-7,12,21H,5,8-11H2,1-3H3,(H,17,22)(H2,18,19,20). The van der Waals surface area contributed by atoms with Crippen LogP contribution in [0.2, 0.25) is 0 Å². The van der Waals surface area contributed by atoms with Crippen LogP contribution in [0, 0.1) is 0 Å². The van der Waals surface area contributed by atoms with Crippen LogP contribution >= 0.6 is 0 Å². The number of hydrogen-bond donors (Lipinski definition) is 4. The second-order valence-electron chi connectivity index (χ2n) is 5.48. The number of benzene rings is 1. The molecule has 0 aliphatic carbocycles. The Morgan fingerprint density at radius 1 is 1.16 bits per heavy atom. The molecule has 140 valence electrons. The molecule has 0 aliphatic rings. The fourth-order valence-electron chi connectivity index (χ4n) is 2.11. The zero-order valence-corrected chi connectivity index (χ0v) is 15.7. The van der Waals surface area contributed by atoms with Crippen molar-refractivity contribution in [2.24, 2.45) is 4.99 Å². The Hall–Kier alpha value is -2.13. The lowest BCUT2D eigenvalue weighted by atomic mass is 10.1. The van der Waals surface area contributed by atoms with E-state index >= 15 is 0 Å². The minimum absolute atomic E-state index is 0.102. The molecule has 1 rings (SSSR count). The first kappa shape index (κ1) is 20.9. The van der Waals surface area contributed by atoms with Crippen LogP contribution in [0.15, 0.2) is 29.3 Å². The Bertz CT molecular complexity index is 689. The van der Waals surface area contributed by atoms with Crippen molar-refractivity contribution in [1.82, 2.24) is 20.7 Å². The van der Waals surface area contributed by atoms with E-state index in [9.17, 15) is 13.2 Å². The highest BCUT2D eigenvalue weighted by molar-refractivity contribution is 7.88. The number of nitrogens with one attached hydrogen (secondary N) is 4. The van der Waals surface area contributed by atoms with Gasteiger partial charge in [-0.05, 0) is 30.5 Å². The average Bonchev–Trinajstić information content (AvgIpc) is 2.58. The van der Waals surface area contributed by atoms with Crippen LogP contribution < -0.4 is 20.7 Å². The van der Waals surface area contributed by atoms with Gasteiger partial charge in [0.15, 0.2) is 5.96 Å². The first-order valence-corrected chi connectivity index (χ1v) is 9.95. The number of carbonyl (C=O) groups is 1. The van der Waals surface area contributed by atoms with Crippen molar-refractivity contribution in [2.75, 3.05) is 40.0 Å². The molecule has 0 spiro atoms. The second kappa shape index (κ2) is 10.7. The predicted octanol–water partition coefficient (Wildman–Crippen LogP) is -0.307. The minimum atomic E-state index is -3.14. The Kier molecular flexibility index (Phi) is 8.93. The molecule has 0 saturated carbocycles. The first-order chi connectivity index (χ1) is 11.9. The molecule has 0 atom stereocenters. The van der Waals surface area contributed by atoms with Crippen LogP contribution in [-0.4, -0.2) is 60.3 Å². The number of guanidine groups is 1. The first-order valence-electron chi connectivity index (χ1n) is 8.06. The third-order valence-electron chi connectivity index (χ3n) is 3.36. The third-order valence-corrected chi connectivity index (χ3v) is 4.08. The van der Waals surface area contributed by atoms with Crippen LogP contribution in [0.3, 0.4) is 0 Å². The topological polar surface area (TPSA) is 112 Å². The van der Waals surface area contributed by atoms with Gasteiger partial charge in [0.1, 0.15) is 0 Å². The number of rotatable bonds is 9. The van der Waals surface area contributed by atoms with E-state index in [4.69, 9.17) is 0 Å². The minimum Gasteiger partial charge on any atom is -0.356 e. The van der Waals surface area contributed by atoms with E-state index in [1.54, 1.807) is 20.2 Å². The Morgan fingerprint density at radius 3 is 2.52 bits per heavy atom. The van der Waals surface area contributed by atoms with Crippen molar-refractivity contribution < 1.29 is 13.2 Å². The van der Waals surface area contributed by atoms with Gasteiger partial charge in [-0.1, -0.05) is 12.1 Å². The number of hydrogen-bond acceptors (Lipinski definition) is 4. The van der Waals surface area contributed by atoms with Gasteiger partial charge in [-0.2, -0.15) is 0 Å². The summed E-state index contributed by atoms with van der Waals surface area (Å²) in [5.41, 5.74) is 1.70. The van der Waals surface area contributed by atoms with Gasteiger partial charge in [0.25, 0.3) is 5.91 Å². The molecule has 0 unspecified atom stereocenters. The van der Waals surface area contributed by atoms with Gasteiger partial charge in [0.2, 0.25) is 10.0 Å². The normalized spacial score (nSPS) is 11.9. The van der Waals surface area contributed by atoms with E-state index in [1.165, 1.54) is 0 Å². The summed E-state index contributed by atoms with van der Waals surface area (Å²) in [6, 6.07) is 7.48. The number of amides is 1.